The predicted molar refractivity (Wildman–Crippen MR) is 84.1 cm³/mol. The summed E-state index contributed by atoms with van der Waals surface area (Å²) in [7, 11) is 1.66. The number of hydrogen-bond acceptors (Lipinski definition) is 2. The second-order valence-electron chi connectivity index (χ2n) is 4.80. The summed E-state index contributed by atoms with van der Waals surface area (Å²) in [6.07, 6.45) is 5.70. The molecule has 2 aromatic rings. The van der Waals surface area contributed by atoms with Crippen molar-refractivity contribution >= 4 is 5.69 Å². The second-order valence-corrected chi connectivity index (χ2v) is 4.80. The van der Waals surface area contributed by atoms with Crippen LogP contribution in [0.3, 0.4) is 0 Å². The first kappa shape index (κ1) is 14.0. The zero-order valence-electron chi connectivity index (χ0n) is 12.1. The molecule has 0 saturated heterocycles. The van der Waals surface area contributed by atoms with Gasteiger partial charge in [-0.1, -0.05) is 41.8 Å². The van der Waals surface area contributed by atoms with Crippen LogP contribution < -0.4 is 10.1 Å². The quantitative estimate of drug-likeness (QED) is 0.840. The van der Waals surface area contributed by atoms with E-state index in [1.807, 2.05) is 24.3 Å². The van der Waals surface area contributed by atoms with Gasteiger partial charge in [-0.05, 0) is 37.1 Å². The molecule has 1 N–H and O–H groups in total. The van der Waals surface area contributed by atoms with Crippen molar-refractivity contribution in [3.05, 3.63) is 59.2 Å². The molecule has 0 aliphatic heterocycles. The highest BCUT2D eigenvalue weighted by Crippen LogP contribution is 2.28. The van der Waals surface area contributed by atoms with Gasteiger partial charge in [0, 0.05) is 0 Å². The molecule has 2 rings (SSSR count). The molecule has 0 aliphatic carbocycles. The lowest BCUT2D eigenvalue weighted by Crippen LogP contribution is -2.10. The normalized spacial score (nSPS) is 11.5. The molecule has 0 heterocycles. The maximum atomic E-state index is 5.70. The third-order valence-electron chi connectivity index (χ3n) is 3.31. The van der Waals surface area contributed by atoms with E-state index in [2.05, 4.69) is 43.3 Å². The van der Waals surface area contributed by atoms with E-state index in [0.717, 1.165) is 17.0 Å². The van der Waals surface area contributed by atoms with Gasteiger partial charge >= 0.3 is 0 Å². The molecule has 2 nitrogen and oxygen atoms in total. The number of anilines is 1. The molecule has 2 heteroatoms. The van der Waals surface area contributed by atoms with Crippen LogP contribution in [0, 0.1) is 26.2 Å². The van der Waals surface area contributed by atoms with Crippen molar-refractivity contribution in [3.63, 3.8) is 0 Å². The number of terminal acetylenes is 1. The number of hydrogen-bond donors (Lipinski definition) is 1. The van der Waals surface area contributed by atoms with Crippen molar-refractivity contribution in [1.82, 2.24) is 0 Å². The van der Waals surface area contributed by atoms with Gasteiger partial charge in [0.2, 0.25) is 0 Å². The summed E-state index contributed by atoms with van der Waals surface area (Å²) < 4.78 is 5.34. The number of ether oxygens (including phenoxy) is 1. The summed E-state index contributed by atoms with van der Waals surface area (Å²) in [5, 5.41) is 3.36. The molecule has 0 amide bonds. The summed E-state index contributed by atoms with van der Waals surface area (Å²) in [5.41, 5.74) is 4.44. The molecule has 0 fully saturated rings. The number of rotatable bonds is 4. The van der Waals surface area contributed by atoms with E-state index in [1.165, 1.54) is 11.1 Å². The van der Waals surface area contributed by atoms with Crippen molar-refractivity contribution in [2.24, 2.45) is 0 Å². The van der Waals surface area contributed by atoms with Gasteiger partial charge in [0.05, 0.1) is 12.8 Å². The Labute approximate surface area is 120 Å². The zero-order chi connectivity index (χ0) is 14.5. The fourth-order valence-corrected chi connectivity index (χ4v) is 2.28. The lowest BCUT2D eigenvalue weighted by atomic mass is 9.99. The smallest absolute Gasteiger partial charge is 0.141 e. The molecule has 0 unspecified atom stereocenters. The first-order valence-electron chi connectivity index (χ1n) is 6.58. The number of aryl methyl sites for hydroxylation is 2. The average molecular weight is 265 g/mol. The Kier molecular flexibility index (Phi) is 4.32. The van der Waals surface area contributed by atoms with Crippen LogP contribution in [0.1, 0.15) is 22.7 Å². The number of para-hydroxylation sites is 2. The Balaban J connectivity index is 2.32. The molecule has 0 aliphatic rings. The van der Waals surface area contributed by atoms with Crippen LogP contribution in [0.25, 0.3) is 0 Å². The van der Waals surface area contributed by atoms with Crippen LogP contribution in [0.2, 0.25) is 0 Å². The van der Waals surface area contributed by atoms with Crippen LogP contribution in [-0.4, -0.2) is 7.11 Å². The van der Waals surface area contributed by atoms with Crippen LogP contribution in [-0.2, 0) is 0 Å². The minimum absolute atomic E-state index is 0.174. The van der Waals surface area contributed by atoms with E-state index >= 15 is 0 Å². The highest BCUT2D eigenvalue weighted by atomic mass is 16.5. The summed E-state index contributed by atoms with van der Waals surface area (Å²) in [5.74, 6) is 3.60. The minimum atomic E-state index is -0.174. The topological polar surface area (TPSA) is 21.3 Å². The first-order chi connectivity index (χ1) is 9.65. The fourth-order valence-electron chi connectivity index (χ4n) is 2.28. The van der Waals surface area contributed by atoms with E-state index in [1.54, 1.807) is 7.11 Å². The molecular formula is C18H19NO. The lowest BCUT2D eigenvalue weighted by molar-refractivity contribution is 0.416. The Morgan fingerprint density at radius 3 is 2.55 bits per heavy atom. The van der Waals surface area contributed by atoms with Crippen molar-refractivity contribution in [2.75, 3.05) is 12.4 Å². The summed E-state index contributed by atoms with van der Waals surface area (Å²) in [6.45, 7) is 4.16. The van der Waals surface area contributed by atoms with Crippen molar-refractivity contribution < 1.29 is 4.74 Å². The van der Waals surface area contributed by atoms with Crippen LogP contribution >= 0.6 is 0 Å². The number of benzene rings is 2. The fraction of sp³-hybridized carbons (Fsp3) is 0.222. The van der Waals surface area contributed by atoms with Crippen LogP contribution in [0.5, 0.6) is 5.75 Å². The zero-order valence-corrected chi connectivity index (χ0v) is 12.1. The van der Waals surface area contributed by atoms with Gasteiger partial charge in [0.1, 0.15) is 11.8 Å². The van der Waals surface area contributed by atoms with Gasteiger partial charge in [0.25, 0.3) is 0 Å². The molecule has 102 valence electrons. The van der Waals surface area contributed by atoms with E-state index in [-0.39, 0.29) is 6.04 Å². The van der Waals surface area contributed by atoms with Crippen LogP contribution in [0.4, 0.5) is 5.69 Å². The van der Waals surface area contributed by atoms with E-state index in [9.17, 15) is 0 Å². The SMILES string of the molecule is C#C[C@H](Nc1ccccc1OC)c1ccc(C)cc1C. The molecule has 0 spiro atoms. The Bertz CT molecular complexity index is 640. The number of nitrogens with one attached hydrogen (secondary N) is 1. The van der Waals surface area contributed by atoms with Gasteiger partial charge in [-0.15, -0.1) is 6.42 Å². The third kappa shape index (κ3) is 2.95. The van der Waals surface area contributed by atoms with E-state index < -0.39 is 0 Å². The highest BCUT2D eigenvalue weighted by molar-refractivity contribution is 5.59. The average Bonchev–Trinajstić information content (AvgIpc) is 2.46. The van der Waals surface area contributed by atoms with Gasteiger partial charge < -0.3 is 10.1 Å². The van der Waals surface area contributed by atoms with Gasteiger partial charge in [-0.2, -0.15) is 0 Å². The molecule has 2 aromatic carbocycles. The molecule has 0 radical (unpaired) electrons. The Morgan fingerprint density at radius 1 is 1.15 bits per heavy atom. The Morgan fingerprint density at radius 2 is 1.90 bits per heavy atom. The molecule has 0 aromatic heterocycles. The summed E-state index contributed by atoms with van der Waals surface area (Å²) in [6, 6.07) is 13.9. The highest BCUT2D eigenvalue weighted by Gasteiger charge is 2.12. The van der Waals surface area contributed by atoms with Crippen LogP contribution in [0.15, 0.2) is 42.5 Å². The standard InChI is InChI=1S/C18H19NO/c1-5-16(15-11-10-13(2)12-14(15)3)19-17-8-6-7-9-18(17)20-4/h1,6-12,16,19H,2-4H3/t16-/m0/s1. The molecule has 1 atom stereocenters. The van der Waals surface area contributed by atoms with Gasteiger partial charge in [-0.25, -0.2) is 0 Å². The summed E-state index contributed by atoms with van der Waals surface area (Å²) in [4.78, 5) is 0. The van der Waals surface area contributed by atoms with E-state index in [0.29, 0.717) is 0 Å². The molecule has 0 saturated carbocycles. The number of methoxy groups -OCH3 is 1. The molecule has 0 bridgehead atoms. The van der Waals surface area contributed by atoms with Gasteiger partial charge in [0.15, 0.2) is 0 Å². The van der Waals surface area contributed by atoms with Gasteiger partial charge in [-0.3, -0.25) is 0 Å². The maximum absolute atomic E-state index is 5.70. The van der Waals surface area contributed by atoms with Crippen molar-refractivity contribution in [2.45, 2.75) is 19.9 Å². The largest absolute Gasteiger partial charge is 0.495 e. The van der Waals surface area contributed by atoms with Crippen molar-refractivity contribution in [1.29, 1.82) is 0 Å². The first-order valence-corrected chi connectivity index (χ1v) is 6.58. The molecular weight excluding hydrogens is 246 g/mol. The Hall–Kier alpha value is -2.40. The monoisotopic (exact) mass is 265 g/mol. The third-order valence-corrected chi connectivity index (χ3v) is 3.31. The lowest BCUT2D eigenvalue weighted by Gasteiger charge is -2.19. The van der Waals surface area contributed by atoms with Crippen molar-refractivity contribution in [3.8, 4) is 18.1 Å². The summed E-state index contributed by atoms with van der Waals surface area (Å²) >= 11 is 0. The molecule has 20 heavy (non-hydrogen) atoms. The van der Waals surface area contributed by atoms with E-state index in [4.69, 9.17) is 11.2 Å². The minimum Gasteiger partial charge on any atom is -0.495 e. The maximum Gasteiger partial charge on any atom is 0.141 e. The predicted octanol–water partition coefficient (Wildman–Crippen LogP) is 4.10. The second kappa shape index (κ2) is 6.16.